The van der Waals surface area contributed by atoms with Crippen LogP contribution in [0.25, 0.3) is 0 Å². The summed E-state index contributed by atoms with van der Waals surface area (Å²) < 4.78 is 5.01. The summed E-state index contributed by atoms with van der Waals surface area (Å²) >= 11 is 0. The number of nitrogens with one attached hydrogen (secondary N) is 2. The molecule has 0 saturated heterocycles. The predicted octanol–water partition coefficient (Wildman–Crippen LogP) is -0.496. The van der Waals surface area contributed by atoms with Gasteiger partial charge in [0, 0.05) is 39.8 Å². The molecule has 0 aliphatic carbocycles. The van der Waals surface area contributed by atoms with Crippen molar-refractivity contribution in [3.05, 3.63) is 0 Å². The third-order valence-corrected chi connectivity index (χ3v) is 2.36. The summed E-state index contributed by atoms with van der Waals surface area (Å²) in [5, 5.41) is 6.52. The second kappa shape index (κ2) is 7.48. The summed E-state index contributed by atoms with van der Waals surface area (Å²) in [7, 11) is 3.82. The van der Waals surface area contributed by atoms with Gasteiger partial charge in [0.2, 0.25) is 0 Å². The SMILES string of the molecule is COCCN(C)CCNC1=NCCCN1. The molecule has 0 aromatic carbocycles. The van der Waals surface area contributed by atoms with E-state index in [1.54, 1.807) is 7.11 Å². The lowest BCUT2D eigenvalue weighted by Gasteiger charge is -2.19. The summed E-state index contributed by atoms with van der Waals surface area (Å²) in [6, 6.07) is 0. The zero-order valence-corrected chi connectivity index (χ0v) is 9.75. The smallest absolute Gasteiger partial charge is 0.191 e. The van der Waals surface area contributed by atoms with Crippen molar-refractivity contribution >= 4 is 5.96 Å². The highest BCUT2D eigenvalue weighted by Gasteiger charge is 2.03. The van der Waals surface area contributed by atoms with Crippen LogP contribution in [0.2, 0.25) is 0 Å². The first kappa shape index (κ1) is 12.3. The van der Waals surface area contributed by atoms with Gasteiger partial charge < -0.3 is 20.3 Å². The number of ether oxygens (including phenoxy) is 1. The van der Waals surface area contributed by atoms with E-state index in [0.29, 0.717) is 0 Å². The molecule has 88 valence electrons. The molecule has 0 unspecified atom stereocenters. The van der Waals surface area contributed by atoms with E-state index in [1.807, 2.05) is 0 Å². The molecular formula is C10H22N4O. The van der Waals surface area contributed by atoms with Crippen molar-refractivity contribution in [2.45, 2.75) is 6.42 Å². The fourth-order valence-electron chi connectivity index (χ4n) is 1.38. The molecule has 0 saturated carbocycles. The number of aliphatic imine (C=N–C) groups is 1. The average Bonchev–Trinajstić information content (AvgIpc) is 2.28. The predicted molar refractivity (Wildman–Crippen MR) is 62.3 cm³/mol. The van der Waals surface area contributed by atoms with Crippen LogP contribution in [0.5, 0.6) is 0 Å². The van der Waals surface area contributed by atoms with E-state index < -0.39 is 0 Å². The van der Waals surface area contributed by atoms with E-state index in [1.165, 1.54) is 0 Å². The van der Waals surface area contributed by atoms with Gasteiger partial charge in [0.1, 0.15) is 0 Å². The van der Waals surface area contributed by atoms with Gasteiger partial charge in [-0.1, -0.05) is 0 Å². The second-order valence-corrected chi connectivity index (χ2v) is 3.73. The maximum Gasteiger partial charge on any atom is 0.191 e. The average molecular weight is 214 g/mol. The van der Waals surface area contributed by atoms with Gasteiger partial charge in [0.25, 0.3) is 0 Å². The lowest BCUT2D eigenvalue weighted by atomic mass is 10.4. The number of methoxy groups -OCH3 is 1. The minimum Gasteiger partial charge on any atom is -0.383 e. The van der Waals surface area contributed by atoms with Crippen molar-refractivity contribution in [2.24, 2.45) is 4.99 Å². The summed E-state index contributed by atoms with van der Waals surface area (Å²) in [5.41, 5.74) is 0. The number of guanidine groups is 1. The third kappa shape index (κ3) is 5.59. The van der Waals surface area contributed by atoms with Crippen LogP contribution in [0.3, 0.4) is 0 Å². The number of hydrogen-bond donors (Lipinski definition) is 2. The molecule has 2 N–H and O–H groups in total. The zero-order chi connectivity index (χ0) is 10.9. The Bertz CT molecular complexity index is 196. The minimum absolute atomic E-state index is 0.787. The molecule has 1 rings (SSSR count). The van der Waals surface area contributed by atoms with E-state index in [2.05, 4.69) is 27.6 Å². The Kier molecular flexibility index (Phi) is 6.11. The summed E-state index contributed by atoms with van der Waals surface area (Å²) in [4.78, 5) is 6.58. The second-order valence-electron chi connectivity index (χ2n) is 3.73. The molecule has 0 radical (unpaired) electrons. The molecule has 0 fully saturated rings. The van der Waals surface area contributed by atoms with Crippen LogP contribution >= 0.6 is 0 Å². The fourth-order valence-corrected chi connectivity index (χ4v) is 1.38. The Morgan fingerprint density at radius 3 is 3.07 bits per heavy atom. The van der Waals surface area contributed by atoms with Gasteiger partial charge in [-0.15, -0.1) is 0 Å². The van der Waals surface area contributed by atoms with Gasteiger partial charge in [-0.25, -0.2) is 0 Å². The number of rotatable bonds is 6. The molecule has 0 spiro atoms. The highest BCUT2D eigenvalue weighted by Crippen LogP contribution is 1.87. The van der Waals surface area contributed by atoms with Gasteiger partial charge in [0.15, 0.2) is 5.96 Å². The molecule has 5 nitrogen and oxygen atoms in total. The maximum atomic E-state index is 5.01. The van der Waals surface area contributed by atoms with Gasteiger partial charge in [-0.2, -0.15) is 0 Å². The van der Waals surface area contributed by atoms with Crippen LogP contribution in [0.4, 0.5) is 0 Å². The van der Waals surface area contributed by atoms with Crippen molar-refractivity contribution < 1.29 is 4.74 Å². The number of nitrogens with zero attached hydrogens (tertiary/aromatic N) is 2. The molecule has 0 atom stereocenters. The minimum atomic E-state index is 0.787. The highest BCUT2D eigenvalue weighted by molar-refractivity contribution is 5.80. The first-order valence-corrected chi connectivity index (χ1v) is 5.52. The van der Waals surface area contributed by atoms with E-state index in [0.717, 1.165) is 51.7 Å². The zero-order valence-electron chi connectivity index (χ0n) is 9.75. The van der Waals surface area contributed by atoms with Gasteiger partial charge in [0.05, 0.1) is 6.61 Å². The first-order chi connectivity index (χ1) is 7.33. The Hall–Kier alpha value is -0.810. The van der Waals surface area contributed by atoms with Crippen LogP contribution in [-0.4, -0.2) is 64.3 Å². The first-order valence-electron chi connectivity index (χ1n) is 5.52. The van der Waals surface area contributed by atoms with Crippen molar-refractivity contribution in [1.82, 2.24) is 15.5 Å². The molecule has 0 bridgehead atoms. The fraction of sp³-hybridized carbons (Fsp3) is 0.900. The Morgan fingerprint density at radius 1 is 1.53 bits per heavy atom. The highest BCUT2D eigenvalue weighted by atomic mass is 16.5. The van der Waals surface area contributed by atoms with E-state index in [-0.39, 0.29) is 0 Å². The molecule has 0 aromatic heterocycles. The number of hydrogen-bond acceptors (Lipinski definition) is 5. The van der Waals surface area contributed by atoms with Crippen LogP contribution in [0.1, 0.15) is 6.42 Å². The van der Waals surface area contributed by atoms with E-state index in [9.17, 15) is 0 Å². The third-order valence-electron chi connectivity index (χ3n) is 2.36. The molecular weight excluding hydrogens is 192 g/mol. The molecule has 15 heavy (non-hydrogen) atoms. The molecule has 1 aliphatic rings. The molecule has 1 heterocycles. The summed E-state index contributed by atoms with van der Waals surface area (Å²) in [5.74, 6) is 0.946. The van der Waals surface area contributed by atoms with Gasteiger partial charge >= 0.3 is 0 Å². The van der Waals surface area contributed by atoms with Crippen LogP contribution in [0.15, 0.2) is 4.99 Å². The van der Waals surface area contributed by atoms with E-state index >= 15 is 0 Å². The van der Waals surface area contributed by atoms with Gasteiger partial charge in [-0.3, -0.25) is 4.99 Å². The lowest BCUT2D eigenvalue weighted by Crippen LogP contribution is -2.43. The van der Waals surface area contributed by atoms with Crippen LogP contribution < -0.4 is 10.6 Å². The van der Waals surface area contributed by atoms with Crippen molar-refractivity contribution in [3.63, 3.8) is 0 Å². The normalized spacial score (nSPS) is 16.1. The van der Waals surface area contributed by atoms with Gasteiger partial charge in [-0.05, 0) is 13.5 Å². The molecule has 0 amide bonds. The molecule has 0 aromatic rings. The Morgan fingerprint density at radius 2 is 2.40 bits per heavy atom. The van der Waals surface area contributed by atoms with Crippen molar-refractivity contribution in [2.75, 3.05) is 53.5 Å². The van der Waals surface area contributed by atoms with Crippen LogP contribution in [-0.2, 0) is 4.74 Å². The van der Waals surface area contributed by atoms with Crippen LogP contribution in [0, 0.1) is 0 Å². The van der Waals surface area contributed by atoms with Crippen molar-refractivity contribution in [3.8, 4) is 0 Å². The Labute approximate surface area is 91.9 Å². The largest absolute Gasteiger partial charge is 0.383 e. The van der Waals surface area contributed by atoms with E-state index in [4.69, 9.17) is 4.74 Å². The molecule has 5 heteroatoms. The molecule has 1 aliphatic heterocycles. The summed E-state index contributed by atoms with van der Waals surface area (Å²) in [6.07, 6.45) is 1.14. The standard InChI is InChI=1S/C10H22N4O/c1-14(8-9-15-2)7-6-13-10-11-4-3-5-12-10/h3-9H2,1-2H3,(H2,11,12,13). The maximum absolute atomic E-state index is 5.01. The summed E-state index contributed by atoms with van der Waals surface area (Å²) in [6.45, 7) is 5.66. The lowest BCUT2D eigenvalue weighted by molar-refractivity contribution is 0.162. The van der Waals surface area contributed by atoms with Crippen molar-refractivity contribution in [1.29, 1.82) is 0 Å². The topological polar surface area (TPSA) is 48.9 Å². The quantitative estimate of drug-likeness (QED) is 0.626. The number of likely N-dealkylation sites (N-methyl/N-ethyl adjacent to an activating group) is 1. The Balaban J connectivity index is 2.02. The monoisotopic (exact) mass is 214 g/mol.